The van der Waals surface area contributed by atoms with Gasteiger partial charge in [0.1, 0.15) is 0 Å². The van der Waals surface area contributed by atoms with E-state index in [1.165, 1.54) is 11.1 Å². The lowest BCUT2D eigenvalue weighted by atomic mass is 9.89. The molecule has 156 valence electrons. The van der Waals surface area contributed by atoms with Crippen LogP contribution in [0, 0.1) is 18.3 Å². The molecule has 1 aliphatic heterocycles. The average Bonchev–Trinajstić information content (AvgIpc) is 2.69. The first-order valence-electron chi connectivity index (χ1n) is 10.3. The quantitative estimate of drug-likeness (QED) is 0.496. The van der Waals surface area contributed by atoms with Crippen LogP contribution in [0.3, 0.4) is 0 Å². The fourth-order valence-corrected chi connectivity index (χ4v) is 3.41. The van der Waals surface area contributed by atoms with Crippen molar-refractivity contribution < 1.29 is 9.53 Å². The van der Waals surface area contributed by atoms with E-state index >= 15 is 0 Å². The summed E-state index contributed by atoms with van der Waals surface area (Å²) in [6.45, 7) is 10.6. The van der Waals surface area contributed by atoms with Crippen molar-refractivity contribution in [3.8, 4) is 0 Å². The number of carbonyl (C=O) groups is 1. The van der Waals surface area contributed by atoms with Crippen LogP contribution in [0.4, 0.5) is 0 Å². The zero-order chi connectivity index (χ0) is 20.6. The van der Waals surface area contributed by atoms with Crippen LogP contribution in [-0.4, -0.2) is 45.2 Å². The molecule has 2 unspecified atom stereocenters. The second kappa shape index (κ2) is 10.5. The average molecular weight is 389 g/mol. The molecule has 6 nitrogen and oxygen atoms in total. The van der Waals surface area contributed by atoms with Crippen molar-refractivity contribution in [3.05, 3.63) is 35.4 Å². The minimum absolute atomic E-state index is 0.0399. The van der Waals surface area contributed by atoms with Gasteiger partial charge >= 0.3 is 0 Å². The minimum Gasteiger partial charge on any atom is -0.373 e. The molecule has 1 aromatic rings. The molecule has 0 bridgehead atoms. The molecule has 1 aromatic carbocycles. The van der Waals surface area contributed by atoms with E-state index in [0.29, 0.717) is 25.0 Å². The Morgan fingerprint density at radius 1 is 1.21 bits per heavy atom. The first kappa shape index (κ1) is 22.2. The Kier molecular flexibility index (Phi) is 8.30. The highest BCUT2D eigenvalue weighted by Crippen LogP contribution is 2.33. The fraction of sp³-hybridized carbons (Fsp3) is 0.636. The standard InChI is InChI=1S/C22H36N4O2/c1-6-24-20(27)22(3,4)15-26-21(23-5)25-14-18-8-7-13-28-19(18)17-11-9-16(2)10-12-17/h9-12,18-19H,6-8,13-15H2,1-5H3,(H,24,27)(H2,23,25,26). The number of hydrogen-bond acceptors (Lipinski definition) is 3. The molecule has 2 atom stereocenters. The van der Waals surface area contributed by atoms with Crippen LogP contribution < -0.4 is 16.0 Å². The maximum Gasteiger partial charge on any atom is 0.227 e. The van der Waals surface area contributed by atoms with Gasteiger partial charge in [-0.1, -0.05) is 29.8 Å². The van der Waals surface area contributed by atoms with Gasteiger partial charge in [-0.3, -0.25) is 9.79 Å². The molecule has 0 spiro atoms. The van der Waals surface area contributed by atoms with Gasteiger partial charge in [-0.2, -0.15) is 0 Å². The van der Waals surface area contributed by atoms with E-state index in [1.807, 2.05) is 20.8 Å². The molecule has 0 aliphatic carbocycles. The van der Waals surface area contributed by atoms with E-state index in [9.17, 15) is 4.79 Å². The summed E-state index contributed by atoms with van der Waals surface area (Å²) < 4.78 is 6.10. The Morgan fingerprint density at radius 2 is 1.93 bits per heavy atom. The SMILES string of the molecule is CCNC(=O)C(C)(C)CNC(=NC)NCC1CCCOC1c1ccc(C)cc1. The summed E-state index contributed by atoms with van der Waals surface area (Å²) in [4.78, 5) is 16.5. The first-order chi connectivity index (χ1) is 13.4. The fourth-order valence-electron chi connectivity index (χ4n) is 3.41. The summed E-state index contributed by atoms with van der Waals surface area (Å²) in [6.07, 6.45) is 2.30. The number of guanidine groups is 1. The highest BCUT2D eigenvalue weighted by Gasteiger charge is 2.29. The Morgan fingerprint density at radius 3 is 2.57 bits per heavy atom. The van der Waals surface area contributed by atoms with E-state index in [1.54, 1.807) is 7.05 Å². The van der Waals surface area contributed by atoms with Gasteiger partial charge in [0.15, 0.2) is 5.96 Å². The van der Waals surface area contributed by atoms with Crippen molar-refractivity contribution in [1.29, 1.82) is 0 Å². The molecular formula is C22H36N4O2. The third-order valence-corrected chi connectivity index (χ3v) is 5.26. The monoisotopic (exact) mass is 388 g/mol. The number of nitrogens with zero attached hydrogens (tertiary/aromatic N) is 1. The van der Waals surface area contributed by atoms with E-state index in [0.717, 1.165) is 26.0 Å². The minimum atomic E-state index is -0.508. The van der Waals surface area contributed by atoms with Crippen LogP contribution in [0.2, 0.25) is 0 Å². The molecule has 3 N–H and O–H groups in total. The summed E-state index contributed by atoms with van der Waals surface area (Å²) >= 11 is 0. The number of benzene rings is 1. The number of carbonyl (C=O) groups excluding carboxylic acids is 1. The van der Waals surface area contributed by atoms with Crippen LogP contribution in [0.1, 0.15) is 50.8 Å². The summed E-state index contributed by atoms with van der Waals surface area (Å²) in [5.74, 6) is 1.13. The smallest absolute Gasteiger partial charge is 0.227 e. The van der Waals surface area contributed by atoms with E-state index < -0.39 is 5.41 Å². The van der Waals surface area contributed by atoms with Gasteiger partial charge in [0.25, 0.3) is 0 Å². The van der Waals surface area contributed by atoms with Crippen LogP contribution in [0.5, 0.6) is 0 Å². The molecule has 1 fully saturated rings. The summed E-state index contributed by atoms with van der Waals surface area (Å²) in [5, 5.41) is 9.59. The van der Waals surface area contributed by atoms with Crippen molar-refractivity contribution in [2.75, 3.05) is 33.3 Å². The van der Waals surface area contributed by atoms with Gasteiger partial charge in [-0.15, -0.1) is 0 Å². The molecule has 28 heavy (non-hydrogen) atoms. The number of rotatable bonds is 7. The zero-order valence-electron chi connectivity index (χ0n) is 18.0. The van der Waals surface area contributed by atoms with E-state index in [4.69, 9.17) is 4.74 Å². The topological polar surface area (TPSA) is 74.8 Å². The van der Waals surface area contributed by atoms with Gasteiger partial charge in [-0.05, 0) is 46.1 Å². The van der Waals surface area contributed by atoms with Crippen molar-refractivity contribution in [1.82, 2.24) is 16.0 Å². The van der Waals surface area contributed by atoms with Crippen LogP contribution in [0.25, 0.3) is 0 Å². The molecule has 1 amide bonds. The lowest BCUT2D eigenvalue weighted by molar-refractivity contribution is -0.128. The highest BCUT2D eigenvalue weighted by molar-refractivity contribution is 5.84. The Bertz CT molecular complexity index is 655. The summed E-state index contributed by atoms with van der Waals surface area (Å²) in [6, 6.07) is 8.61. The van der Waals surface area contributed by atoms with Gasteiger partial charge in [0.2, 0.25) is 5.91 Å². The molecule has 1 aliphatic rings. The lowest BCUT2D eigenvalue weighted by Gasteiger charge is -2.33. The van der Waals surface area contributed by atoms with Crippen molar-refractivity contribution >= 4 is 11.9 Å². The number of aryl methyl sites for hydroxylation is 1. The molecule has 0 radical (unpaired) electrons. The number of ether oxygens (including phenoxy) is 1. The molecule has 1 heterocycles. The number of nitrogens with one attached hydrogen (secondary N) is 3. The maximum atomic E-state index is 12.2. The first-order valence-corrected chi connectivity index (χ1v) is 10.3. The van der Waals surface area contributed by atoms with Crippen molar-refractivity contribution in [2.45, 2.75) is 46.6 Å². The van der Waals surface area contributed by atoms with Crippen molar-refractivity contribution in [2.24, 2.45) is 16.3 Å². The van der Waals surface area contributed by atoms with E-state index in [2.05, 4.69) is 52.1 Å². The summed E-state index contributed by atoms with van der Waals surface area (Å²) in [7, 11) is 1.75. The molecule has 2 rings (SSSR count). The normalized spacial score (nSPS) is 20.5. The number of hydrogen-bond donors (Lipinski definition) is 3. The van der Waals surface area contributed by atoms with Crippen LogP contribution in [-0.2, 0) is 9.53 Å². The molecule has 6 heteroatoms. The number of aliphatic imine (C=N–C) groups is 1. The van der Waals surface area contributed by atoms with Gasteiger partial charge in [0.05, 0.1) is 11.5 Å². The molecule has 1 saturated heterocycles. The molecule has 0 aromatic heterocycles. The Hall–Kier alpha value is -2.08. The highest BCUT2D eigenvalue weighted by atomic mass is 16.5. The lowest BCUT2D eigenvalue weighted by Crippen LogP contribution is -2.49. The van der Waals surface area contributed by atoms with Gasteiger partial charge in [-0.25, -0.2) is 0 Å². The Balaban J connectivity index is 1.92. The predicted octanol–water partition coefficient (Wildman–Crippen LogP) is 2.79. The third kappa shape index (κ3) is 6.23. The second-order valence-electron chi connectivity index (χ2n) is 8.15. The van der Waals surface area contributed by atoms with Gasteiger partial charge < -0.3 is 20.7 Å². The third-order valence-electron chi connectivity index (χ3n) is 5.26. The molecule has 0 saturated carbocycles. The largest absolute Gasteiger partial charge is 0.373 e. The van der Waals surface area contributed by atoms with Crippen molar-refractivity contribution in [3.63, 3.8) is 0 Å². The second-order valence-corrected chi connectivity index (χ2v) is 8.15. The zero-order valence-corrected chi connectivity index (χ0v) is 18.0. The van der Waals surface area contributed by atoms with E-state index in [-0.39, 0.29) is 12.0 Å². The Labute approximate surface area is 169 Å². The molecular weight excluding hydrogens is 352 g/mol. The predicted molar refractivity (Wildman–Crippen MR) is 114 cm³/mol. The maximum absolute atomic E-state index is 12.2. The van der Waals surface area contributed by atoms with Crippen LogP contribution >= 0.6 is 0 Å². The van der Waals surface area contributed by atoms with Gasteiger partial charge in [0, 0.05) is 39.2 Å². The summed E-state index contributed by atoms with van der Waals surface area (Å²) in [5.41, 5.74) is 1.98. The number of amides is 1. The van der Waals surface area contributed by atoms with Crippen LogP contribution in [0.15, 0.2) is 29.3 Å².